The molecule has 124 valence electrons. The van der Waals surface area contributed by atoms with E-state index in [1.165, 1.54) is 12.5 Å². The summed E-state index contributed by atoms with van der Waals surface area (Å²) >= 11 is 0. The van der Waals surface area contributed by atoms with E-state index in [2.05, 4.69) is 17.4 Å². The monoisotopic (exact) mass is 322 g/mol. The normalized spacial score (nSPS) is 16.2. The summed E-state index contributed by atoms with van der Waals surface area (Å²) in [4.78, 5) is 26.3. The Kier molecular flexibility index (Phi) is 4.38. The van der Waals surface area contributed by atoms with E-state index in [4.69, 9.17) is 0 Å². The van der Waals surface area contributed by atoms with Crippen LogP contribution in [0.15, 0.2) is 42.5 Å². The van der Waals surface area contributed by atoms with Crippen molar-refractivity contribution in [2.24, 2.45) is 0 Å². The van der Waals surface area contributed by atoms with Crippen molar-refractivity contribution in [3.05, 3.63) is 64.7 Å². The minimum Gasteiger partial charge on any atom is -0.341 e. The van der Waals surface area contributed by atoms with Gasteiger partial charge in [-0.05, 0) is 37.0 Å². The predicted molar refractivity (Wildman–Crippen MR) is 95.0 cm³/mol. The van der Waals surface area contributed by atoms with E-state index in [1.807, 2.05) is 49.1 Å². The molecular weight excluding hydrogens is 300 g/mol. The van der Waals surface area contributed by atoms with Crippen LogP contribution in [0.4, 0.5) is 5.69 Å². The summed E-state index contributed by atoms with van der Waals surface area (Å²) in [5.74, 6) is -0.237. The van der Waals surface area contributed by atoms with Gasteiger partial charge < -0.3 is 10.2 Å². The minimum atomic E-state index is -0.576. The first-order chi connectivity index (χ1) is 11.5. The molecule has 0 aliphatic carbocycles. The number of nitrogens with zero attached hydrogens (tertiary/aromatic N) is 1. The molecule has 1 atom stereocenters. The summed E-state index contributed by atoms with van der Waals surface area (Å²) in [5, 5.41) is 2.81. The van der Waals surface area contributed by atoms with Crippen molar-refractivity contribution >= 4 is 17.5 Å². The molecule has 1 aliphatic heterocycles. The second-order valence-corrected chi connectivity index (χ2v) is 6.32. The van der Waals surface area contributed by atoms with Crippen LogP contribution >= 0.6 is 0 Å². The van der Waals surface area contributed by atoms with Crippen LogP contribution in [0.2, 0.25) is 0 Å². The summed E-state index contributed by atoms with van der Waals surface area (Å²) in [5.41, 5.74) is 5.17. The lowest BCUT2D eigenvalue weighted by atomic mass is 9.99. The fourth-order valence-electron chi connectivity index (χ4n) is 3.37. The van der Waals surface area contributed by atoms with Gasteiger partial charge in [0, 0.05) is 19.0 Å². The highest BCUT2D eigenvalue weighted by molar-refractivity contribution is 6.07. The van der Waals surface area contributed by atoms with Crippen LogP contribution in [-0.4, -0.2) is 18.4 Å². The average Bonchev–Trinajstić information content (AvgIpc) is 2.83. The van der Waals surface area contributed by atoms with Crippen molar-refractivity contribution < 1.29 is 9.59 Å². The van der Waals surface area contributed by atoms with Gasteiger partial charge >= 0.3 is 0 Å². The van der Waals surface area contributed by atoms with Gasteiger partial charge in [-0.1, -0.05) is 42.5 Å². The maximum atomic E-state index is 12.9. The number of amides is 2. The SMILES string of the molecule is CC(=O)N[C@@H]1C(=O)N(CCc2ccccc2)c2c(C)ccc(C)c21. The van der Waals surface area contributed by atoms with Crippen LogP contribution in [0.5, 0.6) is 0 Å². The summed E-state index contributed by atoms with van der Waals surface area (Å²) in [7, 11) is 0. The highest BCUT2D eigenvalue weighted by atomic mass is 16.2. The van der Waals surface area contributed by atoms with Crippen LogP contribution in [-0.2, 0) is 16.0 Å². The molecule has 0 unspecified atom stereocenters. The zero-order chi connectivity index (χ0) is 17.3. The van der Waals surface area contributed by atoms with E-state index >= 15 is 0 Å². The maximum Gasteiger partial charge on any atom is 0.254 e. The van der Waals surface area contributed by atoms with Crippen LogP contribution in [0.3, 0.4) is 0 Å². The molecule has 2 amide bonds. The number of anilines is 1. The van der Waals surface area contributed by atoms with Crippen molar-refractivity contribution in [1.29, 1.82) is 0 Å². The van der Waals surface area contributed by atoms with E-state index < -0.39 is 6.04 Å². The Morgan fingerprint density at radius 2 is 1.75 bits per heavy atom. The largest absolute Gasteiger partial charge is 0.341 e. The lowest BCUT2D eigenvalue weighted by Crippen LogP contribution is -2.37. The van der Waals surface area contributed by atoms with E-state index in [9.17, 15) is 9.59 Å². The maximum absolute atomic E-state index is 12.9. The van der Waals surface area contributed by atoms with Crippen molar-refractivity contribution in [3.63, 3.8) is 0 Å². The second-order valence-electron chi connectivity index (χ2n) is 6.32. The first kappa shape index (κ1) is 16.2. The molecule has 2 aromatic carbocycles. The number of rotatable bonds is 4. The molecule has 1 aliphatic rings. The third-order valence-electron chi connectivity index (χ3n) is 4.52. The number of nitrogens with one attached hydrogen (secondary N) is 1. The Labute approximate surface area is 142 Å². The molecule has 0 aromatic heterocycles. The molecule has 1 N–H and O–H groups in total. The summed E-state index contributed by atoms with van der Waals surface area (Å²) < 4.78 is 0. The Morgan fingerprint density at radius 3 is 2.42 bits per heavy atom. The quantitative estimate of drug-likeness (QED) is 0.940. The van der Waals surface area contributed by atoms with Gasteiger partial charge in [-0.25, -0.2) is 0 Å². The number of benzene rings is 2. The minimum absolute atomic E-state index is 0.0477. The predicted octanol–water partition coefficient (Wildman–Crippen LogP) is 3.07. The van der Waals surface area contributed by atoms with E-state index in [1.54, 1.807) is 0 Å². The first-order valence-electron chi connectivity index (χ1n) is 8.21. The van der Waals surface area contributed by atoms with E-state index in [0.717, 1.165) is 28.8 Å². The van der Waals surface area contributed by atoms with Gasteiger partial charge in [0.2, 0.25) is 5.91 Å². The molecule has 0 spiro atoms. The molecule has 0 bridgehead atoms. The van der Waals surface area contributed by atoms with Gasteiger partial charge in [-0.2, -0.15) is 0 Å². The third kappa shape index (κ3) is 2.92. The topological polar surface area (TPSA) is 49.4 Å². The standard InChI is InChI=1S/C20H22N2O2/c1-13-9-10-14(2)19-17(13)18(21-15(3)23)20(24)22(19)12-11-16-7-5-4-6-8-16/h4-10,18H,11-12H2,1-3H3,(H,21,23)/t18-/m0/s1. The van der Waals surface area contributed by atoms with Crippen molar-refractivity contribution in [2.75, 3.05) is 11.4 Å². The Hall–Kier alpha value is -2.62. The van der Waals surface area contributed by atoms with Gasteiger partial charge in [-0.15, -0.1) is 0 Å². The van der Waals surface area contributed by atoms with E-state index in [-0.39, 0.29) is 11.8 Å². The number of fused-ring (bicyclic) bond motifs is 1. The molecule has 4 nitrogen and oxygen atoms in total. The zero-order valence-electron chi connectivity index (χ0n) is 14.3. The zero-order valence-corrected chi connectivity index (χ0v) is 14.3. The number of aryl methyl sites for hydroxylation is 2. The molecule has 4 heteroatoms. The summed E-state index contributed by atoms with van der Waals surface area (Å²) in [6.07, 6.45) is 0.784. The highest BCUT2D eigenvalue weighted by Gasteiger charge is 2.39. The van der Waals surface area contributed by atoms with Crippen molar-refractivity contribution in [1.82, 2.24) is 5.32 Å². The van der Waals surface area contributed by atoms with Crippen LogP contribution in [0, 0.1) is 13.8 Å². The first-order valence-corrected chi connectivity index (χ1v) is 8.21. The molecule has 1 heterocycles. The smallest absolute Gasteiger partial charge is 0.254 e. The van der Waals surface area contributed by atoms with Crippen LogP contribution < -0.4 is 10.2 Å². The van der Waals surface area contributed by atoms with Crippen LogP contribution in [0.1, 0.15) is 35.2 Å². The van der Waals surface area contributed by atoms with Gasteiger partial charge in [0.1, 0.15) is 6.04 Å². The fraction of sp³-hybridized carbons (Fsp3) is 0.300. The Bertz CT molecular complexity index is 784. The summed E-state index contributed by atoms with van der Waals surface area (Å²) in [6.45, 7) is 6.05. The lowest BCUT2D eigenvalue weighted by molar-refractivity contribution is -0.126. The third-order valence-corrected chi connectivity index (χ3v) is 4.52. The molecule has 3 rings (SSSR count). The van der Waals surface area contributed by atoms with Gasteiger partial charge in [0.25, 0.3) is 5.91 Å². The molecule has 0 radical (unpaired) electrons. The number of carbonyl (C=O) groups is 2. The van der Waals surface area contributed by atoms with Crippen molar-refractivity contribution in [2.45, 2.75) is 33.2 Å². The Morgan fingerprint density at radius 1 is 1.08 bits per heavy atom. The van der Waals surface area contributed by atoms with E-state index in [0.29, 0.717) is 6.54 Å². The molecule has 0 fully saturated rings. The van der Waals surface area contributed by atoms with Crippen molar-refractivity contribution in [3.8, 4) is 0 Å². The fourth-order valence-corrected chi connectivity index (χ4v) is 3.37. The second kappa shape index (κ2) is 6.48. The van der Waals surface area contributed by atoms with Gasteiger partial charge in [0.15, 0.2) is 0 Å². The molecule has 2 aromatic rings. The average molecular weight is 322 g/mol. The van der Waals surface area contributed by atoms with Crippen LogP contribution in [0.25, 0.3) is 0 Å². The summed E-state index contributed by atoms with van der Waals surface area (Å²) in [6, 6.07) is 13.6. The number of carbonyl (C=O) groups excluding carboxylic acids is 2. The number of hydrogen-bond donors (Lipinski definition) is 1. The molecule has 0 saturated carbocycles. The highest BCUT2D eigenvalue weighted by Crippen LogP contribution is 2.40. The number of hydrogen-bond acceptors (Lipinski definition) is 2. The molecular formula is C20H22N2O2. The van der Waals surface area contributed by atoms with Gasteiger partial charge in [-0.3, -0.25) is 9.59 Å². The lowest BCUT2D eigenvalue weighted by Gasteiger charge is -2.20. The molecule has 24 heavy (non-hydrogen) atoms. The molecule has 0 saturated heterocycles. The van der Waals surface area contributed by atoms with Gasteiger partial charge in [0.05, 0.1) is 5.69 Å². The Balaban J connectivity index is 1.94.